The molecule has 0 unspecified atom stereocenters. The Morgan fingerprint density at radius 1 is 1.57 bits per heavy atom. The molecule has 2 N–H and O–H groups in total. The van der Waals surface area contributed by atoms with E-state index in [9.17, 15) is 9.18 Å². The fourth-order valence-electron chi connectivity index (χ4n) is 1.41. The summed E-state index contributed by atoms with van der Waals surface area (Å²) in [5.41, 5.74) is 5.50. The SMILES string of the molecule is NC(=O)Oc1cc(F)c2c(c1)CCO2. The fraction of sp³-hybridized carbons (Fsp3) is 0.222. The van der Waals surface area contributed by atoms with E-state index in [1.807, 2.05) is 0 Å². The van der Waals surface area contributed by atoms with Crippen molar-refractivity contribution in [3.63, 3.8) is 0 Å². The molecule has 0 saturated carbocycles. The third-order valence-electron chi connectivity index (χ3n) is 1.93. The van der Waals surface area contributed by atoms with E-state index in [0.29, 0.717) is 18.6 Å². The molecule has 74 valence electrons. The Kier molecular flexibility index (Phi) is 1.99. The van der Waals surface area contributed by atoms with Gasteiger partial charge >= 0.3 is 6.09 Å². The summed E-state index contributed by atoms with van der Waals surface area (Å²) in [4.78, 5) is 10.4. The molecule has 1 aliphatic heterocycles. The first-order valence-corrected chi connectivity index (χ1v) is 4.09. The third kappa shape index (κ3) is 1.48. The molecule has 1 aromatic carbocycles. The van der Waals surface area contributed by atoms with Crippen molar-refractivity contribution in [2.45, 2.75) is 6.42 Å². The molecule has 5 heteroatoms. The zero-order valence-electron chi connectivity index (χ0n) is 7.25. The van der Waals surface area contributed by atoms with Gasteiger partial charge in [0.05, 0.1) is 6.61 Å². The van der Waals surface area contributed by atoms with Crippen LogP contribution in [0.1, 0.15) is 5.56 Å². The van der Waals surface area contributed by atoms with Gasteiger partial charge in [-0.2, -0.15) is 0 Å². The highest BCUT2D eigenvalue weighted by atomic mass is 19.1. The molecule has 0 atom stereocenters. The lowest BCUT2D eigenvalue weighted by Gasteiger charge is -2.04. The average Bonchev–Trinajstić information content (AvgIpc) is 2.50. The van der Waals surface area contributed by atoms with Gasteiger partial charge in [-0.1, -0.05) is 0 Å². The molecule has 2 rings (SSSR count). The molecule has 1 aliphatic rings. The van der Waals surface area contributed by atoms with E-state index >= 15 is 0 Å². The van der Waals surface area contributed by atoms with Gasteiger partial charge in [0.15, 0.2) is 11.6 Å². The van der Waals surface area contributed by atoms with E-state index in [1.54, 1.807) is 6.07 Å². The second-order valence-electron chi connectivity index (χ2n) is 2.91. The van der Waals surface area contributed by atoms with Gasteiger partial charge in [-0.05, 0) is 6.07 Å². The molecule has 0 aromatic heterocycles. The molecular formula is C9H8FNO3. The van der Waals surface area contributed by atoms with E-state index in [0.717, 1.165) is 6.07 Å². The number of rotatable bonds is 1. The second kappa shape index (κ2) is 3.17. The minimum absolute atomic E-state index is 0.110. The summed E-state index contributed by atoms with van der Waals surface area (Å²) in [5.74, 6) is -0.183. The summed E-state index contributed by atoms with van der Waals surface area (Å²) in [6, 6.07) is 2.63. The Hall–Kier alpha value is -1.78. The van der Waals surface area contributed by atoms with Crippen LogP contribution in [0.5, 0.6) is 11.5 Å². The number of hydrogen-bond acceptors (Lipinski definition) is 3. The Labute approximate surface area is 79.4 Å². The number of halogens is 1. The van der Waals surface area contributed by atoms with Crippen LogP contribution >= 0.6 is 0 Å². The van der Waals surface area contributed by atoms with Crippen LogP contribution in [0.3, 0.4) is 0 Å². The normalized spacial score (nSPS) is 13.2. The Bertz CT molecular complexity index is 392. The van der Waals surface area contributed by atoms with E-state index in [2.05, 4.69) is 4.74 Å². The summed E-state index contributed by atoms with van der Waals surface area (Å²) in [6.45, 7) is 0.451. The van der Waals surface area contributed by atoms with Gasteiger partial charge in [0.1, 0.15) is 5.75 Å². The van der Waals surface area contributed by atoms with Crippen LogP contribution in [0.25, 0.3) is 0 Å². The van der Waals surface area contributed by atoms with Crippen molar-refractivity contribution < 1.29 is 18.7 Å². The van der Waals surface area contributed by atoms with Gasteiger partial charge in [-0.15, -0.1) is 0 Å². The number of nitrogens with two attached hydrogens (primary N) is 1. The minimum Gasteiger partial charge on any atom is -0.490 e. The van der Waals surface area contributed by atoms with E-state index < -0.39 is 11.9 Å². The first-order chi connectivity index (χ1) is 6.66. The van der Waals surface area contributed by atoms with Crippen molar-refractivity contribution in [1.82, 2.24) is 0 Å². The quantitative estimate of drug-likeness (QED) is 0.736. The predicted octanol–water partition coefficient (Wildman–Crippen LogP) is 1.22. The zero-order chi connectivity index (χ0) is 10.1. The molecule has 4 nitrogen and oxygen atoms in total. The number of amides is 1. The number of fused-ring (bicyclic) bond motifs is 1. The van der Waals surface area contributed by atoms with Crippen LogP contribution in [0.2, 0.25) is 0 Å². The lowest BCUT2D eigenvalue weighted by molar-refractivity contribution is 0.210. The van der Waals surface area contributed by atoms with Crippen molar-refractivity contribution >= 4 is 6.09 Å². The Morgan fingerprint density at radius 2 is 2.36 bits per heavy atom. The highest BCUT2D eigenvalue weighted by molar-refractivity contribution is 5.68. The second-order valence-corrected chi connectivity index (χ2v) is 2.91. The molecule has 1 aromatic rings. The number of primary amides is 1. The van der Waals surface area contributed by atoms with E-state index in [1.165, 1.54) is 0 Å². The van der Waals surface area contributed by atoms with Crippen molar-refractivity contribution in [3.05, 3.63) is 23.5 Å². The molecule has 0 fully saturated rings. The van der Waals surface area contributed by atoms with Crippen LogP contribution < -0.4 is 15.2 Å². The van der Waals surface area contributed by atoms with Crippen LogP contribution in [0, 0.1) is 5.82 Å². The zero-order valence-corrected chi connectivity index (χ0v) is 7.25. The molecule has 1 heterocycles. The van der Waals surface area contributed by atoms with E-state index in [-0.39, 0.29) is 11.5 Å². The van der Waals surface area contributed by atoms with Gasteiger partial charge in [-0.3, -0.25) is 0 Å². The molecule has 14 heavy (non-hydrogen) atoms. The first-order valence-electron chi connectivity index (χ1n) is 4.09. The van der Waals surface area contributed by atoms with E-state index in [4.69, 9.17) is 10.5 Å². The van der Waals surface area contributed by atoms with Crippen molar-refractivity contribution in [2.75, 3.05) is 6.61 Å². The number of ether oxygens (including phenoxy) is 2. The summed E-state index contributed by atoms with van der Waals surface area (Å²) in [7, 11) is 0. The minimum atomic E-state index is -0.955. The lowest BCUT2D eigenvalue weighted by atomic mass is 10.1. The summed E-state index contributed by atoms with van der Waals surface area (Å²) in [5, 5.41) is 0. The molecule has 0 saturated heterocycles. The number of benzene rings is 1. The maximum atomic E-state index is 13.2. The van der Waals surface area contributed by atoms with Gasteiger partial charge < -0.3 is 15.2 Å². The summed E-state index contributed by atoms with van der Waals surface area (Å²) < 4.78 is 22.9. The summed E-state index contributed by atoms with van der Waals surface area (Å²) in [6.07, 6.45) is -0.342. The standard InChI is InChI=1S/C9H8FNO3/c10-7-4-6(14-9(11)12)3-5-1-2-13-8(5)7/h3-4H,1-2H2,(H2,11,12). The van der Waals surface area contributed by atoms with Crippen molar-refractivity contribution in [3.8, 4) is 11.5 Å². The van der Waals surface area contributed by atoms with Crippen LogP contribution in [0.15, 0.2) is 12.1 Å². The molecule has 0 radical (unpaired) electrons. The lowest BCUT2D eigenvalue weighted by Crippen LogP contribution is -2.16. The number of hydrogen-bond donors (Lipinski definition) is 1. The third-order valence-corrected chi connectivity index (χ3v) is 1.93. The summed E-state index contributed by atoms with van der Waals surface area (Å²) >= 11 is 0. The molecule has 0 aliphatic carbocycles. The first kappa shape index (κ1) is 8.80. The van der Waals surface area contributed by atoms with Gasteiger partial charge in [-0.25, -0.2) is 9.18 Å². The molecule has 0 bridgehead atoms. The monoisotopic (exact) mass is 197 g/mol. The molecular weight excluding hydrogens is 189 g/mol. The molecule has 0 spiro atoms. The Balaban J connectivity index is 2.36. The topological polar surface area (TPSA) is 61.6 Å². The maximum Gasteiger partial charge on any atom is 0.409 e. The highest BCUT2D eigenvalue weighted by Gasteiger charge is 2.18. The Morgan fingerprint density at radius 3 is 3.07 bits per heavy atom. The highest BCUT2D eigenvalue weighted by Crippen LogP contribution is 2.32. The molecule has 1 amide bonds. The van der Waals surface area contributed by atoms with Crippen LogP contribution in [-0.2, 0) is 6.42 Å². The predicted molar refractivity (Wildman–Crippen MR) is 45.8 cm³/mol. The van der Waals surface area contributed by atoms with Crippen molar-refractivity contribution in [1.29, 1.82) is 0 Å². The van der Waals surface area contributed by atoms with Crippen LogP contribution in [0.4, 0.5) is 9.18 Å². The smallest absolute Gasteiger partial charge is 0.409 e. The average molecular weight is 197 g/mol. The maximum absolute atomic E-state index is 13.2. The number of carbonyl (C=O) groups excluding carboxylic acids is 1. The van der Waals surface area contributed by atoms with Gasteiger partial charge in [0, 0.05) is 18.1 Å². The van der Waals surface area contributed by atoms with Crippen LogP contribution in [-0.4, -0.2) is 12.7 Å². The largest absolute Gasteiger partial charge is 0.490 e. The number of carbonyl (C=O) groups is 1. The van der Waals surface area contributed by atoms with Gasteiger partial charge in [0.2, 0.25) is 0 Å². The van der Waals surface area contributed by atoms with Gasteiger partial charge in [0.25, 0.3) is 0 Å². The fourth-order valence-corrected chi connectivity index (χ4v) is 1.41. The van der Waals surface area contributed by atoms with Crippen molar-refractivity contribution in [2.24, 2.45) is 5.73 Å².